The highest BCUT2D eigenvalue weighted by Crippen LogP contribution is 2.02. The molecule has 2 N–H and O–H groups in total. The second-order valence-electron chi connectivity index (χ2n) is 4.11. The zero-order valence-electron chi connectivity index (χ0n) is 10.3. The standard InChI is InChI=1S/C12H23N3O/c1-3-6-15-10-11(9-14-15)8-13-12(4-2)5-7-16/h9-10,12-13,16H,3-8H2,1-2H3. The highest BCUT2D eigenvalue weighted by molar-refractivity contribution is 5.03. The molecule has 0 aliphatic carbocycles. The van der Waals surface area contributed by atoms with Gasteiger partial charge in [-0.05, 0) is 19.3 Å². The lowest BCUT2D eigenvalue weighted by atomic mass is 10.1. The molecule has 0 aliphatic rings. The van der Waals surface area contributed by atoms with Gasteiger partial charge in [-0.3, -0.25) is 4.68 Å². The van der Waals surface area contributed by atoms with Crippen molar-refractivity contribution < 1.29 is 5.11 Å². The average Bonchev–Trinajstić information content (AvgIpc) is 2.72. The first-order valence-corrected chi connectivity index (χ1v) is 6.15. The predicted molar refractivity (Wildman–Crippen MR) is 65.1 cm³/mol. The van der Waals surface area contributed by atoms with Crippen LogP contribution in [-0.4, -0.2) is 27.5 Å². The number of aliphatic hydroxyl groups excluding tert-OH is 1. The van der Waals surface area contributed by atoms with Crippen molar-refractivity contribution >= 4 is 0 Å². The van der Waals surface area contributed by atoms with Crippen molar-refractivity contribution in [2.75, 3.05) is 6.61 Å². The molecule has 0 saturated heterocycles. The minimum Gasteiger partial charge on any atom is -0.396 e. The molecule has 0 aromatic carbocycles. The van der Waals surface area contributed by atoms with E-state index in [0.717, 1.165) is 32.4 Å². The van der Waals surface area contributed by atoms with Gasteiger partial charge in [0.25, 0.3) is 0 Å². The lowest BCUT2D eigenvalue weighted by molar-refractivity contribution is 0.262. The Labute approximate surface area is 97.7 Å². The first-order chi connectivity index (χ1) is 7.80. The van der Waals surface area contributed by atoms with E-state index in [0.29, 0.717) is 6.04 Å². The highest BCUT2D eigenvalue weighted by Gasteiger charge is 2.05. The fraction of sp³-hybridized carbons (Fsp3) is 0.750. The summed E-state index contributed by atoms with van der Waals surface area (Å²) in [5.41, 5.74) is 1.21. The molecule has 1 heterocycles. The molecule has 0 fully saturated rings. The zero-order valence-corrected chi connectivity index (χ0v) is 10.3. The lowest BCUT2D eigenvalue weighted by Gasteiger charge is -2.14. The molecule has 1 unspecified atom stereocenters. The average molecular weight is 225 g/mol. The highest BCUT2D eigenvalue weighted by atomic mass is 16.3. The van der Waals surface area contributed by atoms with Crippen LogP contribution in [0.15, 0.2) is 12.4 Å². The molecule has 92 valence electrons. The molecule has 0 saturated carbocycles. The van der Waals surface area contributed by atoms with E-state index >= 15 is 0 Å². The molecule has 0 aliphatic heterocycles. The summed E-state index contributed by atoms with van der Waals surface area (Å²) in [5.74, 6) is 0. The Bertz CT molecular complexity index is 286. The second kappa shape index (κ2) is 7.41. The summed E-state index contributed by atoms with van der Waals surface area (Å²) in [4.78, 5) is 0. The molecular weight excluding hydrogens is 202 g/mol. The van der Waals surface area contributed by atoms with E-state index in [1.807, 2.05) is 10.9 Å². The molecule has 4 nitrogen and oxygen atoms in total. The number of hydrogen-bond donors (Lipinski definition) is 2. The van der Waals surface area contributed by atoms with Crippen LogP contribution >= 0.6 is 0 Å². The number of nitrogens with zero attached hydrogens (tertiary/aromatic N) is 2. The molecule has 4 heteroatoms. The van der Waals surface area contributed by atoms with E-state index in [9.17, 15) is 0 Å². The molecule has 0 bridgehead atoms. The van der Waals surface area contributed by atoms with Crippen LogP contribution in [0.1, 0.15) is 38.7 Å². The molecule has 16 heavy (non-hydrogen) atoms. The van der Waals surface area contributed by atoms with E-state index < -0.39 is 0 Å². The first kappa shape index (κ1) is 13.2. The van der Waals surface area contributed by atoms with E-state index in [-0.39, 0.29) is 6.61 Å². The van der Waals surface area contributed by atoms with Gasteiger partial charge in [0.1, 0.15) is 0 Å². The van der Waals surface area contributed by atoms with Gasteiger partial charge in [-0.25, -0.2) is 0 Å². The maximum absolute atomic E-state index is 8.88. The number of aliphatic hydroxyl groups is 1. The Hall–Kier alpha value is -0.870. The Kier molecular flexibility index (Phi) is 6.11. The number of aryl methyl sites for hydroxylation is 1. The molecule has 1 aromatic rings. The van der Waals surface area contributed by atoms with Crippen LogP contribution in [0.3, 0.4) is 0 Å². The Morgan fingerprint density at radius 1 is 1.50 bits per heavy atom. The van der Waals surface area contributed by atoms with Gasteiger partial charge >= 0.3 is 0 Å². The van der Waals surface area contributed by atoms with Crippen molar-refractivity contribution in [3.8, 4) is 0 Å². The van der Waals surface area contributed by atoms with Crippen molar-refractivity contribution in [2.24, 2.45) is 0 Å². The van der Waals surface area contributed by atoms with Gasteiger partial charge in [-0.2, -0.15) is 5.10 Å². The smallest absolute Gasteiger partial charge is 0.0534 e. The van der Waals surface area contributed by atoms with Gasteiger partial charge in [-0.1, -0.05) is 13.8 Å². The Morgan fingerprint density at radius 2 is 2.31 bits per heavy atom. The first-order valence-electron chi connectivity index (χ1n) is 6.15. The third-order valence-electron chi connectivity index (χ3n) is 2.70. The van der Waals surface area contributed by atoms with E-state index in [1.165, 1.54) is 5.56 Å². The van der Waals surface area contributed by atoms with Crippen LogP contribution < -0.4 is 5.32 Å². The molecule has 1 aromatic heterocycles. The monoisotopic (exact) mass is 225 g/mol. The second-order valence-corrected chi connectivity index (χ2v) is 4.11. The van der Waals surface area contributed by atoms with E-state index in [4.69, 9.17) is 5.11 Å². The number of nitrogens with one attached hydrogen (secondary N) is 1. The van der Waals surface area contributed by atoms with E-state index in [2.05, 4.69) is 30.5 Å². The topological polar surface area (TPSA) is 50.1 Å². The molecule has 0 spiro atoms. The quantitative estimate of drug-likeness (QED) is 0.705. The van der Waals surface area contributed by atoms with Gasteiger partial charge < -0.3 is 10.4 Å². The van der Waals surface area contributed by atoms with Crippen molar-refractivity contribution in [2.45, 2.75) is 52.2 Å². The van der Waals surface area contributed by atoms with Gasteiger partial charge in [-0.15, -0.1) is 0 Å². The van der Waals surface area contributed by atoms with Gasteiger partial charge in [0, 0.05) is 37.5 Å². The number of hydrogen-bond acceptors (Lipinski definition) is 3. The molecule has 0 radical (unpaired) electrons. The zero-order chi connectivity index (χ0) is 11.8. The summed E-state index contributed by atoms with van der Waals surface area (Å²) in [6, 6.07) is 0.402. The fourth-order valence-electron chi connectivity index (χ4n) is 1.72. The largest absolute Gasteiger partial charge is 0.396 e. The van der Waals surface area contributed by atoms with Crippen molar-refractivity contribution in [3.63, 3.8) is 0 Å². The number of rotatable bonds is 8. The van der Waals surface area contributed by atoms with Crippen LogP contribution in [0, 0.1) is 0 Å². The van der Waals surface area contributed by atoms with E-state index in [1.54, 1.807) is 0 Å². The summed E-state index contributed by atoms with van der Waals surface area (Å²) < 4.78 is 1.98. The molecule has 1 atom stereocenters. The molecular formula is C12H23N3O. The maximum Gasteiger partial charge on any atom is 0.0534 e. The van der Waals surface area contributed by atoms with Crippen LogP contribution in [0.25, 0.3) is 0 Å². The van der Waals surface area contributed by atoms with Crippen LogP contribution in [-0.2, 0) is 13.1 Å². The Balaban J connectivity index is 2.34. The van der Waals surface area contributed by atoms with Gasteiger partial charge in [0.15, 0.2) is 0 Å². The predicted octanol–water partition coefficient (Wildman–Crippen LogP) is 1.54. The van der Waals surface area contributed by atoms with Crippen LogP contribution in [0.4, 0.5) is 0 Å². The van der Waals surface area contributed by atoms with Gasteiger partial charge in [0.2, 0.25) is 0 Å². The Morgan fingerprint density at radius 3 is 2.94 bits per heavy atom. The minimum absolute atomic E-state index is 0.251. The van der Waals surface area contributed by atoms with Crippen molar-refractivity contribution in [1.82, 2.24) is 15.1 Å². The van der Waals surface area contributed by atoms with Crippen LogP contribution in [0.2, 0.25) is 0 Å². The lowest BCUT2D eigenvalue weighted by Crippen LogP contribution is -2.28. The molecule has 0 amide bonds. The molecule has 1 rings (SSSR count). The summed E-state index contributed by atoms with van der Waals surface area (Å²) in [6.07, 6.45) is 6.97. The fourth-order valence-corrected chi connectivity index (χ4v) is 1.72. The number of aromatic nitrogens is 2. The summed E-state index contributed by atoms with van der Waals surface area (Å²) >= 11 is 0. The minimum atomic E-state index is 0.251. The normalized spacial score (nSPS) is 12.9. The summed E-state index contributed by atoms with van der Waals surface area (Å²) in [7, 11) is 0. The van der Waals surface area contributed by atoms with Crippen LogP contribution in [0.5, 0.6) is 0 Å². The third-order valence-corrected chi connectivity index (χ3v) is 2.70. The SMILES string of the molecule is CCCn1cc(CNC(CC)CCO)cn1. The van der Waals surface area contributed by atoms with Gasteiger partial charge in [0.05, 0.1) is 6.20 Å². The van der Waals surface area contributed by atoms with Crippen molar-refractivity contribution in [1.29, 1.82) is 0 Å². The maximum atomic E-state index is 8.88. The summed E-state index contributed by atoms with van der Waals surface area (Å²) in [5, 5.41) is 16.6. The third kappa shape index (κ3) is 4.33. The summed E-state index contributed by atoms with van der Waals surface area (Å²) in [6.45, 7) is 6.35. The van der Waals surface area contributed by atoms with Crippen molar-refractivity contribution in [3.05, 3.63) is 18.0 Å².